The van der Waals surface area contributed by atoms with Crippen molar-refractivity contribution in [3.8, 4) is 5.75 Å². The second-order valence-corrected chi connectivity index (χ2v) is 5.84. The minimum atomic E-state index is -0.151. The van der Waals surface area contributed by atoms with E-state index in [-0.39, 0.29) is 18.6 Å². The SMILES string of the molecule is CC[C@H](NCc1ccccc1Cl)c1ccccc1OCC(=O)NC. The molecule has 24 heavy (non-hydrogen) atoms. The average molecular weight is 347 g/mol. The Bertz CT molecular complexity index is 676. The summed E-state index contributed by atoms with van der Waals surface area (Å²) in [5.41, 5.74) is 2.09. The van der Waals surface area contributed by atoms with Gasteiger partial charge in [0.2, 0.25) is 0 Å². The molecule has 0 saturated heterocycles. The van der Waals surface area contributed by atoms with E-state index in [0.29, 0.717) is 6.54 Å². The molecule has 0 aliphatic heterocycles. The zero-order chi connectivity index (χ0) is 17.4. The van der Waals surface area contributed by atoms with Crippen molar-refractivity contribution in [1.29, 1.82) is 0 Å². The number of ether oxygens (including phenoxy) is 1. The monoisotopic (exact) mass is 346 g/mol. The summed E-state index contributed by atoms with van der Waals surface area (Å²) in [6.45, 7) is 2.79. The first-order valence-electron chi connectivity index (χ1n) is 8.04. The van der Waals surface area contributed by atoms with Gasteiger partial charge in [0, 0.05) is 30.2 Å². The molecule has 0 aromatic heterocycles. The Labute approximate surface area is 148 Å². The molecule has 2 aromatic rings. The number of carbonyl (C=O) groups excluding carboxylic acids is 1. The van der Waals surface area contributed by atoms with Crippen LogP contribution in [-0.2, 0) is 11.3 Å². The maximum absolute atomic E-state index is 11.4. The van der Waals surface area contributed by atoms with Crippen molar-refractivity contribution in [2.24, 2.45) is 0 Å². The molecule has 128 valence electrons. The van der Waals surface area contributed by atoms with E-state index in [1.165, 1.54) is 0 Å². The summed E-state index contributed by atoms with van der Waals surface area (Å²) in [7, 11) is 1.59. The molecule has 5 heteroatoms. The minimum Gasteiger partial charge on any atom is -0.483 e. The smallest absolute Gasteiger partial charge is 0.257 e. The van der Waals surface area contributed by atoms with Crippen LogP contribution in [0.2, 0.25) is 5.02 Å². The highest BCUT2D eigenvalue weighted by Gasteiger charge is 2.15. The van der Waals surface area contributed by atoms with Gasteiger partial charge in [0.15, 0.2) is 6.61 Å². The molecule has 0 unspecified atom stereocenters. The van der Waals surface area contributed by atoms with E-state index >= 15 is 0 Å². The van der Waals surface area contributed by atoms with E-state index < -0.39 is 0 Å². The second kappa shape index (κ2) is 9.30. The van der Waals surface area contributed by atoms with Gasteiger partial charge >= 0.3 is 0 Å². The van der Waals surface area contributed by atoms with E-state index in [0.717, 1.165) is 28.3 Å². The number of carbonyl (C=O) groups is 1. The lowest BCUT2D eigenvalue weighted by molar-refractivity contribution is -0.122. The number of nitrogens with one attached hydrogen (secondary N) is 2. The third kappa shape index (κ3) is 4.98. The quantitative estimate of drug-likeness (QED) is 0.766. The zero-order valence-corrected chi connectivity index (χ0v) is 14.8. The Morgan fingerprint density at radius 3 is 2.58 bits per heavy atom. The van der Waals surface area contributed by atoms with Crippen LogP contribution in [-0.4, -0.2) is 19.6 Å². The topological polar surface area (TPSA) is 50.4 Å². The third-order valence-corrected chi connectivity index (χ3v) is 4.21. The second-order valence-electron chi connectivity index (χ2n) is 5.43. The molecular formula is C19H23ClN2O2. The summed E-state index contributed by atoms with van der Waals surface area (Å²) in [4.78, 5) is 11.4. The third-order valence-electron chi connectivity index (χ3n) is 3.84. The van der Waals surface area contributed by atoms with Gasteiger partial charge in [-0.15, -0.1) is 0 Å². The summed E-state index contributed by atoms with van der Waals surface area (Å²) < 4.78 is 5.67. The van der Waals surface area contributed by atoms with Crippen LogP contribution in [0.15, 0.2) is 48.5 Å². The van der Waals surface area contributed by atoms with Gasteiger partial charge in [0.1, 0.15) is 5.75 Å². The molecule has 2 aromatic carbocycles. The van der Waals surface area contributed by atoms with Crippen LogP contribution in [0.3, 0.4) is 0 Å². The van der Waals surface area contributed by atoms with Gasteiger partial charge in [-0.1, -0.05) is 54.9 Å². The van der Waals surface area contributed by atoms with Crippen LogP contribution in [0.4, 0.5) is 0 Å². The molecule has 2 N–H and O–H groups in total. The van der Waals surface area contributed by atoms with Crippen molar-refractivity contribution in [3.63, 3.8) is 0 Å². The molecule has 2 rings (SSSR count). The molecule has 0 aliphatic rings. The predicted octanol–water partition coefficient (Wildman–Crippen LogP) is 3.71. The first kappa shape index (κ1) is 18.3. The van der Waals surface area contributed by atoms with E-state index in [1.54, 1.807) is 7.05 Å². The van der Waals surface area contributed by atoms with Gasteiger partial charge in [-0.2, -0.15) is 0 Å². The van der Waals surface area contributed by atoms with Crippen LogP contribution in [0.1, 0.15) is 30.5 Å². The first-order valence-corrected chi connectivity index (χ1v) is 8.42. The molecule has 4 nitrogen and oxygen atoms in total. The highest BCUT2D eigenvalue weighted by atomic mass is 35.5. The Morgan fingerprint density at radius 1 is 1.17 bits per heavy atom. The number of hydrogen-bond donors (Lipinski definition) is 2. The van der Waals surface area contributed by atoms with E-state index in [1.807, 2.05) is 48.5 Å². The fraction of sp³-hybridized carbons (Fsp3) is 0.316. The minimum absolute atomic E-state index is 0.00839. The Morgan fingerprint density at radius 2 is 1.88 bits per heavy atom. The predicted molar refractivity (Wildman–Crippen MR) is 97.3 cm³/mol. The van der Waals surface area contributed by atoms with Crippen molar-refractivity contribution < 1.29 is 9.53 Å². The van der Waals surface area contributed by atoms with Crippen molar-refractivity contribution in [3.05, 3.63) is 64.7 Å². The molecule has 0 bridgehead atoms. The van der Waals surface area contributed by atoms with E-state index in [4.69, 9.17) is 16.3 Å². The highest BCUT2D eigenvalue weighted by molar-refractivity contribution is 6.31. The molecule has 0 fully saturated rings. The van der Waals surface area contributed by atoms with E-state index in [2.05, 4.69) is 17.6 Å². The summed E-state index contributed by atoms with van der Waals surface area (Å²) in [5, 5.41) is 6.83. The maximum Gasteiger partial charge on any atom is 0.257 e. The van der Waals surface area contributed by atoms with Gasteiger partial charge < -0.3 is 15.4 Å². The van der Waals surface area contributed by atoms with Gasteiger partial charge in [-0.05, 0) is 24.1 Å². The number of amides is 1. The van der Waals surface area contributed by atoms with E-state index in [9.17, 15) is 4.79 Å². The summed E-state index contributed by atoms with van der Waals surface area (Å²) >= 11 is 6.22. The first-order chi connectivity index (χ1) is 11.7. The van der Waals surface area contributed by atoms with Crippen LogP contribution in [0, 0.1) is 0 Å². The number of rotatable bonds is 8. The standard InChI is InChI=1S/C19H23ClN2O2/c1-3-17(22-12-14-8-4-6-10-16(14)20)15-9-5-7-11-18(15)24-13-19(23)21-2/h4-11,17,22H,3,12-13H2,1-2H3,(H,21,23)/t17-/m0/s1. The number of halogens is 1. The molecule has 0 heterocycles. The molecule has 0 aliphatic carbocycles. The molecule has 0 radical (unpaired) electrons. The number of para-hydroxylation sites is 1. The number of benzene rings is 2. The fourth-order valence-electron chi connectivity index (χ4n) is 2.46. The summed E-state index contributed by atoms with van der Waals surface area (Å²) in [5.74, 6) is 0.571. The van der Waals surface area contributed by atoms with Crippen LogP contribution in [0.25, 0.3) is 0 Å². The molecule has 1 amide bonds. The van der Waals surface area contributed by atoms with Gasteiger partial charge in [0.05, 0.1) is 0 Å². The molecule has 1 atom stereocenters. The summed E-state index contributed by atoms with van der Waals surface area (Å²) in [6.07, 6.45) is 0.894. The van der Waals surface area contributed by atoms with Crippen molar-refractivity contribution in [2.75, 3.05) is 13.7 Å². The lowest BCUT2D eigenvalue weighted by Gasteiger charge is -2.21. The van der Waals surface area contributed by atoms with Crippen LogP contribution >= 0.6 is 11.6 Å². The lowest BCUT2D eigenvalue weighted by atomic mass is 10.0. The Balaban J connectivity index is 2.09. The molecular weight excluding hydrogens is 324 g/mol. The maximum atomic E-state index is 11.4. The van der Waals surface area contributed by atoms with Crippen molar-refractivity contribution in [1.82, 2.24) is 10.6 Å². The van der Waals surface area contributed by atoms with Crippen molar-refractivity contribution >= 4 is 17.5 Å². The van der Waals surface area contributed by atoms with Gasteiger partial charge in [-0.3, -0.25) is 4.79 Å². The number of hydrogen-bond acceptors (Lipinski definition) is 3. The van der Waals surface area contributed by atoms with Crippen LogP contribution in [0.5, 0.6) is 5.75 Å². The van der Waals surface area contributed by atoms with Crippen LogP contribution < -0.4 is 15.4 Å². The average Bonchev–Trinajstić information content (AvgIpc) is 2.62. The van der Waals surface area contributed by atoms with Gasteiger partial charge in [0.25, 0.3) is 5.91 Å². The Hall–Kier alpha value is -2.04. The fourth-order valence-corrected chi connectivity index (χ4v) is 2.67. The highest BCUT2D eigenvalue weighted by Crippen LogP contribution is 2.28. The molecule has 0 spiro atoms. The number of likely N-dealkylation sites (N-methyl/N-ethyl adjacent to an activating group) is 1. The van der Waals surface area contributed by atoms with Crippen molar-refractivity contribution in [2.45, 2.75) is 25.9 Å². The normalized spacial score (nSPS) is 11.8. The summed E-state index contributed by atoms with van der Waals surface area (Å²) in [6, 6.07) is 15.7. The Kier molecular flexibility index (Phi) is 7.09. The lowest BCUT2D eigenvalue weighted by Crippen LogP contribution is -2.26. The zero-order valence-electron chi connectivity index (χ0n) is 14.0. The van der Waals surface area contributed by atoms with Gasteiger partial charge in [-0.25, -0.2) is 0 Å². The largest absolute Gasteiger partial charge is 0.483 e. The molecule has 0 saturated carbocycles.